The number of carbonyl (C=O) groups is 2. The molecule has 2 rings (SSSR count). The summed E-state index contributed by atoms with van der Waals surface area (Å²) in [6, 6.07) is 0. The van der Waals surface area contributed by atoms with Crippen LogP contribution in [0.25, 0.3) is 0 Å². The van der Waals surface area contributed by atoms with Gasteiger partial charge in [0.05, 0.1) is 18.6 Å². The smallest absolute Gasteiger partial charge is 0.417 e. The molecule has 1 saturated heterocycles. The van der Waals surface area contributed by atoms with E-state index in [9.17, 15) is 9.59 Å². The van der Waals surface area contributed by atoms with E-state index in [1.807, 2.05) is 32.1 Å². The highest BCUT2D eigenvalue weighted by molar-refractivity contribution is 5.76. The molecule has 2 aliphatic rings. The van der Waals surface area contributed by atoms with E-state index < -0.39 is 11.5 Å². The predicted octanol–water partition coefficient (Wildman–Crippen LogP) is 3.04. The molecule has 2 heterocycles. The molecule has 0 atom stereocenters. The maximum absolute atomic E-state index is 12.1. The van der Waals surface area contributed by atoms with Gasteiger partial charge in [0.2, 0.25) is 0 Å². The molecule has 0 saturated carbocycles. The molecular weight excluding hydrogens is 308 g/mol. The van der Waals surface area contributed by atoms with Gasteiger partial charge in [0.15, 0.2) is 0 Å². The van der Waals surface area contributed by atoms with Gasteiger partial charge in [-0.15, -0.1) is 0 Å². The number of rotatable bonds is 4. The summed E-state index contributed by atoms with van der Waals surface area (Å²) in [6.45, 7) is 7.90. The Morgan fingerprint density at radius 3 is 2.42 bits per heavy atom. The number of ether oxygens (including phenoxy) is 2. The highest BCUT2D eigenvalue weighted by Crippen LogP contribution is 2.34. The first-order valence-corrected chi connectivity index (χ1v) is 8.44. The first-order chi connectivity index (χ1) is 11.5. The van der Waals surface area contributed by atoms with Gasteiger partial charge in [-0.2, -0.15) is 0 Å². The van der Waals surface area contributed by atoms with Gasteiger partial charge < -0.3 is 14.4 Å². The molecule has 6 heteroatoms. The van der Waals surface area contributed by atoms with Crippen LogP contribution in [0.4, 0.5) is 4.79 Å². The second kappa shape index (κ2) is 8.04. The minimum absolute atomic E-state index is 0.108. The van der Waals surface area contributed by atoms with Gasteiger partial charge in [-0.05, 0) is 51.8 Å². The van der Waals surface area contributed by atoms with Crippen molar-refractivity contribution in [3.63, 3.8) is 0 Å². The zero-order valence-electron chi connectivity index (χ0n) is 14.7. The lowest BCUT2D eigenvalue weighted by atomic mass is 9.80. The van der Waals surface area contributed by atoms with Crippen molar-refractivity contribution in [2.45, 2.75) is 33.6 Å². The van der Waals surface area contributed by atoms with Crippen LogP contribution in [0.3, 0.4) is 0 Å². The van der Waals surface area contributed by atoms with E-state index in [-0.39, 0.29) is 5.97 Å². The monoisotopic (exact) mass is 334 g/mol. The number of carbonyl (C=O) groups excluding carboxylic acids is 2. The van der Waals surface area contributed by atoms with Crippen LogP contribution in [0.15, 0.2) is 36.3 Å². The van der Waals surface area contributed by atoms with Crippen LogP contribution in [-0.4, -0.2) is 48.2 Å². The van der Waals surface area contributed by atoms with Crippen LogP contribution >= 0.6 is 0 Å². The Balaban J connectivity index is 1.96. The fourth-order valence-corrected chi connectivity index (χ4v) is 2.79. The maximum atomic E-state index is 12.1. The standard InChI is InChI=1S/C18H26N2O4/c1-4-23-16(21)18(3)9-13-19(14-10-18)15-7-6-11-20(12-8-15)17(22)24-5-2/h6-8,11-12H,4-5,9-10,13-14H2,1-3H3. The molecule has 0 bridgehead atoms. The van der Waals surface area contributed by atoms with Crippen molar-refractivity contribution in [2.24, 2.45) is 5.41 Å². The van der Waals surface area contributed by atoms with E-state index in [4.69, 9.17) is 9.47 Å². The number of allylic oxidation sites excluding steroid dienone is 3. The number of likely N-dealkylation sites (tertiary alicyclic amines) is 1. The van der Waals surface area contributed by atoms with Gasteiger partial charge in [0, 0.05) is 31.2 Å². The number of esters is 1. The summed E-state index contributed by atoms with van der Waals surface area (Å²) >= 11 is 0. The van der Waals surface area contributed by atoms with Gasteiger partial charge in [0.1, 0.15) is 0 Å². The largest absolute Gasteiger partial charge is 0.466 e. The summed E-state index contributed by atoms with van der Waals surface area (Å²) in [7, 11) is 0. The third kappa shape index (κ3) is 4.19. The number of hydrogen-bond acceptors (Lipinski definition) is 5. The van der Waals surface area contributed by atoms with Crippen molar-refractivity contribution in [3.8, 4) is 0 Å². The Morgan fingerprint density at radius 1 is 1.12 bits per heavy atom. The zero-order valence-corrected chi connectivity index (χ0v) is 14.7. The Morgan fingerprint density at radius 2 is 1.79 bits per heavy atom. The molecule has 132 valence electrons. The highest BCUT2D eigenvalue weighted by Gasteiger charge is 2.38. The van der Waals surface area contributed by atoms with Crippen LogP contribution in [0, 0.1) is 5.41 Å². The fraction of sp³-hybridized carbons (Fsp3) is 0.556. The molecule has 2 aliphatic heterocycles. The summed E-state index contributed by atoms with van der Waals surface area (Å²) in [5, 5.41) is 0. The third-order valence-corrected chi connectivity index (χ3v) is 4.40. The number of nitrogens with zero attached hydrogens (tertiary/aromatic N) is 2. The summed E-state index contributed by atoms with van der Waals surface area (Å²) in [5.41, 5.74) is 0.609. The second-order valence-corrected chi connectivity index (χ2v) is 6.12. The lowest BCUT2D eigenvalue weighted by Crippen LogP contribution is -2.42. The molecule has 0 aliphatic carbocycles. The molecule has 0 aromatic rings. The average Bonchev–Trinajstić information content (AvgIpc) is 2.82. The van der Waals surface area contributed by atoms with Gasteiger partial charge in [-0.1, -0.05) is 0 Å². The van der Waals surface area contributed by atoms with Crippen molar-refractivity contribution in [1.29, 1.82) is 0 Å². The summed E-state index contributed by atoms with van der Waals surface area (Å²) < 4.78 is 10.2. The Bertz CT molecular complexity index is 557. The molecule has 0 spiro atoms. The molecule has 1 amide bonds. The Kier molecular flexibility index (Phi) is 6.06. The van der Waals surface area contributed by atoms with E-state index >= 15 is 0 Å². The van der Waals surface area contributed by atoms with Crippen molar-refractivity contribution in [1.82, 2.24) is 9.80 Å². The molecule has 0 unspecified atom stereocenters. The Labute approximate surface area is 143 Å². The minimum Gasteiger partial charge on any atom is -0.466 e. The van der Waals surface area contributed by atoms with E-state index in [0.29, 0.717) is 13.2 Å². The van der Waals surface area contributed by atoms with Gasteiger partial charge in [0.25, 0.3) is 0 Å². The molecule has 0 N–H and O–H groups in total. The van der Waals surface area contributed by atoms with E-state index in [2.05, 4.69) is 4.90 Å². The molecule has 24 heavy (non-hydrogen) atoms. The van der Waals surface area contributed by atoms with Crippen molar-refractivity contribution in [3.05, 3.63) is 36.3 Å². The topological polar surface area (TPSA) is 59.1 Å². The summed E-state index contributed by atoms with van der Waals surface area (Å²) in [4.78, 5) is 27.5. The Hall–Kier alpha value is -2.24. The quantitative estimate of drug-likeness (QED) is 0.740. The van der Waals surface area contributed by atoms with Crippen LogP contribution in [0.1, 0.15) is 33.6 Å². The van der Waals surface area contributed by atoms with Gasteiger partial charge in [-0.25, -0.2) is 4.79 Å². The normalized spacial score (nSPS) is 19.5. The van der Waals surface area contributed by atoms with E-state index in [1.165, 1.54) is 4.90 Å². The van der Waals surface area contributed by atoms with Crippen molar-refractivity contribution >= 4 is 12.1 Å². The van der Waals surface area contributed by atoms with Crippen LogP contribution in [-0.2, 0) is 14.3 Å². The van der Waals surface area contributed by atoms with E-state index in [1.54, 1.807) is 19.3 Å². The summed E-state index contributed by atoms with van der Waals surface area (Å²) in [6.07, 6.45) is 10.2. The molecule has 0 aromatic heterocycles. The lowest BCUT2D eigenvalue weighted by molar-refractivity contribution is -0.157. The minimum atomic E-state index is -0.408. The molecule has 0 aromatic carbocycles. The maximum Gasteiger partial charge on any atom is 0.417 e. The average molecular weight is 334 g/mol. The third-order valence-electron chi connectivity index (χ3n) is 4.40. The molecule has 6 nitrogen and oxygen atoms in total. The van der Waals surface area contributed by atoms with Crippen molar-refractivity contribution < 1.29 is 19.1 Å². The van der Waals surface area contributed by atoms with Gasteiger partial charge in [-0.3, -0.25) is 9.69 Å². The van der Waals surface area contributed by atoms with Crippen molar-refractivity contribution in [2.75, 3.05) is 26.3 Å². The first kappa shape index (κ1) is 18.1. The van der Waals surface area contributed by atoms with Crippen LogP contribution in [0.5, 0.6) is 0 Å². The van der Waals surface area contributed by atoms with Crippen LogP contribution in [0.2, 0.25) is 0 Å². The fourth-order valence-electron chi connectivity index (χ4n) is 2.79. The van der Waals surface area contributed by atoms with E-state index in [0.717, 1.165) is 31.6 Å². The lowest BCUT2D eigenvalue weighted by Gasteiger charge is -2.39. The number of amides is 1. The molecule has 1 fully saturated rings. The predicted molar refractivity (Wildman–Crippen MR) is 90.8 cm³/mol. The van der Waals surface area contributed by atoms with Crippen LogP contribution < -0.4 is 0 Å². The van der Waals surface area contributed by atoms with Gasteiger partial charge >= 0.3 is 12.1 Å². The molecule has 0 radical (unpaired) electrons. The highest BCUT2D eigenvalue weighted by atomic mass is 16.6. The first-order valence-electron chi connectivity index (χ1n) is 8.44. The number of hydrogen-bond donors (Lipinski definition) is 0. The molecular formula is C18H26N2O4. The second-order valence-electron chi connectivity index (χ2n) is 6.12. The number of piperidine rings is 1. The zero-order chi connectivity index (χ0) is 17.6. The SMILES string of the molecule is CCOC(=O)N1C=CC=C(N2CCC(C)(C(=O)OCC)CC2)C=C1. The summed E-state index contributed by atoms with van der Waals surface area (Å²) in [5.74, 6) is -0.108.